The van der Waals surface area contributed by atoms with Crippen molar-refractivity contribution in [2.45, 2.75) is 33.8 Å². The van der Waals surface area contributed by atoms with E-state index >= 15 is 0 Å². The standard InChI is InChI=1S/C28H32N2O6/c1-18(2)16-35-28(33)30-14-22(24(15-30)27(31)32)13-20-9-11-23(12-10-20)34-17-25-19(3)36-26(29-25)21-7-5-4-6-8-21/h4-12,18,22,24H,13-17H2,1-3H3,(H,31,32)/t22-,24-/m1/s1. The summed E-state index contributed by atoms with van der Waals surface area (Å²) in [5.74, 6) is 0.482. The molecule has 1 fully saturated rings. The number of aromatic nitrogens is 1. The predicted molar refractivity (Wildman–Crippen MR) is 134 cm³/mol. The normalized spacial score (nSPS) is 17.4. The van der Waals surface area contributed by atoms with Crippen LogP contribution in [0.1, 0.15) is 30.9 Å². The van der Waals surface area contributed by atoms with Crippen LogP contribution in [0, 0.1) is 24.7 Å². The lowest BCUT2D eigenvalue weighted by atomic mass is 9.90. The summed E-state index contributed by atoms with van der Waals surface area (Å²) in [6.45, 7) is 6.91. The highest BCUT2D eigenvalue weighted by Gasteiger charge is 2.40. The maximum absolute atomic E-state index is 12.3. The van der Waals surface area contributed by atoms with E-state index in [0.29, 0.717) is 37.0 Å². The van der Waals surface area contributed by atoms with Crippen molar-refractivity contribution < 1.29 is 28.6 Å². The van der Waals surface area contributed by atoms with Gasteiger partial charge >= 0.3 is 12.1 Å². The smallest absolute Gasteiger partial charge is 0.409 e. The van der Waals surface area contributed by atoms with Gasteiger partial charge in [-0.05, 0) is 55.0 Å². The molecule has 2 atom stereocenters. The first-order chi connectivity index (χ1) is 17.3. The predicted octanol–water partition coefficient (Wildman–Crippen LogP) is 5.20. The molecular formula is C28H32N2O6. The van der Waals surface area contributed by atoms with Crippen LogP contribution in [-0.4, -0.2) is 46.7 Å². The highest BCUT2D eigenvalue weighted by molar-refractivity contribution is 5.74. The van der Waals surface area contributed by atoms with Crippen molar-refractivity contribution in [1.82, 2.24) is 9.88 Å². The number of carboxylic acids is 1. The summed E-state index contributed by atoms with van der Waals surface area (Å²) in [7, 11) is 0. The quantitative estimate of drug-likeness (QED) is 0.438. The van der Waals surface area contributed by atoms with Crippen molar-refractivity contribution in [3.05, 3.63) is 71.6 Å². The minimum atomic E-state index is -0.892. The molecule has 2 aromatic carbocycles. The van der Waals surface area contributed by atoms with Crippen LogP contribution in [0.3, 0.4) is 0 Å². The molecule has 0 aliphatic carbocycles. The summed E-state index contributed by atoms with van der Waals surface area (Å²) in [4.78, 5) is 30.2. The zero-order valence-electron chi connectivity index (χ0n) is 20.8. The molecule has 1 N–H and O–H groups in total. The van der Waals surface area contributed by atoms with E-state index in [0.717, 1.165) is 16.8 Å². The number of amides is 1. The summed E-state index contributed by atoms with van der Waals surface area (Å²) in [5.41, 5.74) is 2.63. The molecule has 8 nitrogen and oxygen atoms in total. The number of aliphatic carboxylic acids is 1. The maximum Gasteiger partial charge on any atom is 0.409 e. The van der Waals surface area contributed by atoms with Crippen molar-refractivity contribution in [2.24, 2.45) is 17.8 Å². The highest BCUT2D eigenvalue weighted by atomic mass is 16.6. The number of carboxylic acid groups (broad SMARTS) is 1. The fraction of sp³-hybridized carbons (Fsp3) is 0.393. The van der Waals surface area contributed by atoms with Gasteiger partial charge in [-0.25, -0.2) is 9.78 Å². The Labute approximate surface area is 210 Å². The first kappa shape index (κ1) is 25.3. The van der Waals surface area contributed by atoms with E-state index in [4.69, 9.17) is 13.9 Å². The van der Waals surface area contributed by atoms with Crippen LogP contribution in [0.15, 0.2) is 59.0 Å². The van der Waals surface area contributed by atoms with E-state index < -0.39 is 18.0 Å². The molecule has 0 unspecified atom stereocenters. The van der Waals surface area contributed by atoms with Crippen LogP contribution in [0.4, 0.5) is 4.79 Å². The Morgan fingerprint density at radius 3 is 2.50 bits per heavy atom. The Bertz CT molecular complexity index is 1170. The monoisotopic (exact) mass is 492 g/mol. The lowest BCUT2D eigenvalue weighted by molar-refractivity contribution is -0.142. The zero-order chi connectivity index (χ0) is 25.7. The molecule has 1 aliphatic rings. The van der Waals surface area contributed by atoms with E-state index in [9.17, 15) is 14.7 Å². The summed E-state index contributed by atoms with van der Waals surface area (Å²) in [5, 5.41) is 9.69. The Morgan fingerprint density at radius 1 is 1.11 bits per heavy atom. The van der Waals surface area contributed by atoms with Crippen LogP contribution in [0.25, 0.3) is 11.5 Å². The third-order valence-electron chi connectivity index (χ3n) is 6.27. The molecule has 1 saturated heterocycles. The van der Waals surface area contributed by atoms with E-state index in [2.05, 4.69) is 4.98 Å². The van der Waals surface area contributed by atoms with Crippen molar-refractivity contribution in [3.8, 4) is 17.2 Å². The van der Waals surface area contributed by atoms with E-state index in [1.165, 1.54) is 4.90 Å². The second kappa shape index (κ2) is 11.3. The van der Waals surface area contributed by atoms with Gasteiger partial charge in [0.05, 0.1) is 12.5 Å². The fourth-order valence-electron chi connectivity index (χ4n) is 4.28. The van der Waals surface area contributed by atoms with E-state index in [-0.39, 0.29) is 25.0 Å². The van der Waals surface area contributed by atoms with E-state index in [1.807, 2.05) is 75.4 Å². The molecule has 0 bridgehead atoms. The van der Waals surface area contributed by atoms with Gasteiger partial charge in [-0.2, -0.15) is 0 Å². The van der Waals surface area contributed by atoms with Crippen LogP contribution in [-0.2, 0) is 22.6 Å². The number of oxazole rings is 1. The molecule has 1 amide bonds. The molecular weight excluding hydrogens is 460 g/mol. The lowest BCUT2D eigenvalue weighted by Gasteiger charge is -2.17. The second-order valence-electron chi connectivity index (χ2n) is 9.61. The number of benzene rings is 2. The maximum atomic E-state index is 12.3. The molecule has 1 aromatic heterocycles. The van der Waals surface area contributed by atoms with Crippen molar-refractivity contribution >= 4 is 12.1 Å². The third kappa shape index (κ3) is 6.24. The topological polar surface area (TPSA) is 102 Å². The Balaban J connectivity index is 1.34. The Morgan fingerprint density at radius 2 is 1.83 bits per heavy atom. The van der Waals surface area contributed by atoms with Crippen molar-refractivity contribution in [1.29, 1.82) is 0 Å². The molecule has 0 spiro atoms. The van der Waals surface area contributed by atoms with Gasteiger partial charge in [0.1, 0.15) is 23.8 Å². The summed E-state index contributed by atoms with van der Waals surface area (Å²) in [6.07, 6.45) is 0.105. The molecule has 1 aliphatic heterocycles. The second-order valence-corrected chi connectivity index (χ2v) is 9.61. The molecule has 190 valence electrons. The van der Waals surface area contributed by atoms with Crippen LogP contribution < -0.4 is 4.74 Å². The Kier molecular flexibility index (Phi) is 7.93. The van der Waals surface area contributed by atoms with Crippen LogP contribution in [0.5, 0.6) is 5.75 Å². The highest BCUT2D eigenvalue weighted by Crippen LogP contribution is 2.29. The first-order valence-corrected chi connectivity index (χ1v) is 12.2. The molecule has 4 rings (SSSR count). The molecule has 0 saturated carbocycles. The summed E-state index contributed by atoms with van der Waals surface area (Å²) in [6, 6.07) is 17.3. The zero-order valence-corrected chi connectivity index (χ0v) is 20.8. The van der Waals surface area contributed by atoms with Crippen molar-refractivity contribution in [3.63, 3.8) is 0 Å². The minimum absolute atomic E-state index is 0.167. The number of ether oxygens (including phenoxy) is 2. The molecule has 0 radical (unpaired) electrons. The first-order valence-electron chi connectivity index (χ1n) is 12.2. The Hall–Kier alpha value is -3.81. The number of nitrogens with zero attached hydrogens (tertiary/aromatic N) is 2. The van der Waals surface area contributed by atoms with Gasteiger partial charge in [0.25, 0.3) is 0 Å². The number of carbonyl (C=O) groups excluding carboxylic acids is 1. The number of carbonyl (C=O) groups is 2. The molecule has 8 heteroatoms. The van der Waals surface area contributed by atoms with Gasteiger partial charge in [-0.3, -0.25) is 4.79 Å². The van der Waals surface area contributed by atoms with Gasteiger partial charge in [-0.1, -0.05) is 44.2 Å². The van der Waals surface area contributed by atoms with E-state index in [1.54, 1.807) is 0 Å². The van der Waals surface area contributed by atoms with Gasteiger partial charge < -0.3 is 23.9 Å². The van der Waals surface area contributed by atoms with Crippen LogP contribution >= 0.6 is 0 Å². The summed E-state index contributed by atoms with van der Waals surface area (Å²) >= 11 is 0. The number of hydrogen-bond acceptors (Lipinski definition) is 6. The molecule has 3 aromatic rings. The minimum Gasteiger partial charge on any atom is -0.487 e. The fourth-order valence-corrected chi connectivity index (χ4v) is 4.28. The van der Waals surface area contributed by atoms with Crippen molar-refractivity contribution in [2.75, 3.05) is 19.7 Å². The number of hydrogen-bond donors (Lipinski definition) is 1. The van der Waals surface area contributed by atoms with Gasteiger partial charge in [0.15, 0.2) is 0 Å². The number of rotatable bonds is 9. The van der Waals surface area contributed by atoms with Gasteiger partial charge in [-0.15, -0.1) is 0 Å². The summed E-state index contributed by atoms with van der Waals surface area (Å²) < 4.78 is 17.0. The van der Waals surface area contributed by atoms with Crippen LogP contribution in [0.2, 0.25) is 0 Å². The van der Waals surface area contributed by atoms with Gasteiger partial charge in [0.2, 0.25) is 5.89 Å². The largest absolute Gasteiger partial charge is 0.487 e. The average Bonchev–Trinajstić information content (AvgIpc) is 3.46. The third-order valence-corrected chi connectivity index (χ3v) is 6.27. The lowest BCUT2D eigenvalue weighted by Crippen LogP contribution is -2.31. The van der Waals surface area contributed by atoms with Gasteiger partial charge in [0, 0.05) is 18.7 Å². The number of likely N-dealkylation sites (tertiary alicyclic amines) is 1. The molecule has 2 heterocycles. The average molecular weight is 493 g/mol. The molecule has 36 heavy (non-hydrogen) atoms. The SMILES string of the molecule is Cc1oc(-c2ccccc2)nc1COc1ccc(C[C@@H]2CN(C(=O)OCC(C)C)C[C@H]2C(=O)O)cc1. The number of aryl methyl sites for hydroxylation is 1.